The Bertz CT molecular complexity index is 586. The van der Waals surface area contributed by atoms with Crippen LogP contribution in [-0.2, 0) is 10.0 Å². The van der Waals surface area contributed by atoms with Crippen LogP contribution in [0.4, 0.5) is 8.78 Å². The third-order valence-corrected chi connectivity index (χ3v) is 5.82. The summed E-state index contributed by atoms with van der Waals surface area (Å²) in [4.78, 5) is -0.933. The summed E-state index contributed by atoms with van der Waals surface area (Å²) in [6.45, 7) is 0.0529. The van der Waals surface area contributed by atoms with E-state index in [1.165, 1.54) is 7.05 Å². The quantitative estimate of drug-likeness (QED) is 0.925. The zero-order valence-corrected chi connectivity index (χ0v) is 12.6. The van der Waals surface area contributed by atoms with E-state index in [9.17, 15) is 22.3 Å². The van der Waals surface area contributed by atoms with E-state index in [1.54, 1.807) is 0 Å². The number of halogens is 2. The van der Waals surface area contributed by atoms with Gasteiger partial charge in [-0.05, 0) is 30.9 Å². The lowest BCUT2D eigenvalue weighted by Gasteiger charge is -2.30. The smallest absolute Gasteiger partial charge is 0.248 e. The molecule has 0 radical (unpaired) electrons. The Morgan fingerprint density at radius 1 is 1.24 bits per heavy atom. The summed E-state index contributed by atoms with van der Waals surface area (Å²) in [5.74, 6) is -2.41. The standard InChI is InChI=1S/C14H19F2NO3S/c1-17(9-10-5-2-3-8-13(10)18)21(19,20)14-11(15)6-4-7-12(14)16/h4,6-7,10,13,18H,2-3,5,8-9H2,1H3. The third kappa shape index (κ3) is 3.41. The Balaban J connectivity index is 2.23. The molecule has 1 aliphatic carbocycles. The number of hydrogen-bond donors (Lipinski definition) is 1. The summed E-state index contributed by atoms with van der Waals surface area (Å²) in [7, 11) is -2.97. The summed E-state index contributed by atoms with van der Waals surface area (Å²) in [5.41, 5.74) is 0. The minimum atomic E-state index is -4.25. The summed E-state index contributed by atoms with van der Waals surface area (Å²) >= 11 is 0. The van der Waals surface area contributed by atoms with Gasteiger partial charge in [0.1, 0.15) is 11.6 Å². The van der Waals surface area contributed by atoms with Crippen molar-refractivity contribution in [2.45, 2.75) is 36.7 Å². The molecule has 0 spiro atoms. The van der Waals surface area contributed by atoms with E-state index in [-0.39, 0.29) is 12.5 Å². The third-order valence-electron chi connectivity index (χ3n) is 3.95. The van der Waals surface area contributed by atoms with Gasteiger partial charge in [0.15, 0.2) is 4.90 Å². The summed E-state index contributed by atoms with van der Waals surface area (Å²) in [6.07, 6.45) is 2.61. The molecule has 4 nitrogen and oxygen atoms in total. The topological polar surface area (TPSA) is 57.6 Å². The number of nitrogens with zero attached hydrogens (tertiary/aromatic N) is 1. The Morgan fingerprint density at radius 2 is 1.81 bits per heavy atom. The molecule has 1 N–H and O–H groups in total. The first kappa shape index (κ1) is 16.3. The second-order valence-electron chi connectivity index (χ2n) is 5.45. The lowest BCUT2D eigenvalue weighted by atomic mass is 9.86. The zero-order valence-electron chi connectivity index (χ0n) is 11.8. The number of aliphatic hydroxyl groups excluding tert-OH is 1. The van der Waals surface area contributed by atoms with Crippen molar-refractivity contribution in [3.63, 3.8) is 0 Å². The molecule has 21 heavy (non-hydrogen) atoms. The van der Waals surface area contributed by atoms with Crippen LogP contribution >= 0.6 is 0 Å². The number of rotatable bonds is 4. The second-order valence-corrected chi connectivity index (χ2v) is 7.43. The van der Waals surface area contributed by atoms with Crippen molar-refractivity contribution in [2.24, 2.45) is 5.92 Å². The molecule has 0 heterocycles. The Morgan fingerprint density at radius 3 is 2.38 bits per heavy atom. The molecule has 2 rings (SSSR count). The van der Waals surface area contributed by atoms with Gasteiger partial charge in [0.05, 0.1) is 6.10 Å². The maximum atomic E-state index is 13.7. The second kappa shape index (κ2) is 6.37. The maximum Gasteiger partial charge on any atom is 0.248 e. The van der Waals surface area contributed by atoms with E-state index in [0.717, 1.165) is 35.3 Å². The molecule has 1 saturated carbocycles. The van der Waals surface area contributed by atoms with Crippen LogP contribution < -0.4 is 0 Å². The molecule has 1 aromatic carbocycles. The fourth-order valence-electron chi connectivity index (χ4n) is 2.71. The van der Waals surface area contributed by atoms with E-state index < -0.39 is 32.7 Å². The molecule has 7 heteroatoms. The Kier molecular flexibility index (Phi) is 4.95. The molecule has 1 aromatic rings. The van der Waals surface area contributed by atoms with Crippen LogP contribution in [-0.4, -0.2) is 37.5 Å². The molecular weight excluding hydrogens is 300 g/mol. The average molecular weight is 319 g/mol. The summed E-state index contributed by atoms with van der Waals surface area (Å²) in [6, 6.07) is 2.95. The van der Waals surface area contributed by atoms with Crippen LogP contribution in [0, 0.1) is 17.6 Å². The van der Waals surface area contributed by atoms with Gasteiger partial charge in [-0.3, -0.25) is 0 Å². The van der Waals surface area contributed by atoms with Crippen molar-refractivity contribution in [1.29, 1.82) is 0 Å². The SMILES string of the molecule is CN(CC1CCCCC1O)S(=O)(=O)c1c(F)cccc1F. The normalized spacial score (nSPS) is 23.5. The molecule has 0 bridgehead atoms. The van der Waals surface area contributed by atoms with Gasteiger partial charge < -0.3 is 5.11 Å². The molecule has 0 aromatic heterocycles. The average Bonchev–Trinajstić information content (AvgIpc) is 2.40. The van der Waals surface area contributed by atoms with Crippen LogP contribution in [0.15, 0.2) is 23.1 Å². The van der Waals surface area contributed by atoms with Gasteiger partial charge in [-0.25, -0.2) is 21.5 Å². The number of benzene rings is 1. The van der Waals surface area contributed by atoms with Gasteiger partial charge in [0.2, 0.25) is 10.0 Å². The lowest BCUT2D eigenvalue weighted by molar-refractivity contribution is 0.0620. The first-order valence-corrected chi connectivity index (χ1v) is 8.36. The van der Waals surface area contributed by atoms with Gasteiger partial charge in [-0.1, -0.05) is 18.9 Å². The molecule has 0 aliphatic heterocycles. The van der Waals surface area contributed by atoms with Crippen molar-refractivity contribution in [3.8, 4) is 0 Å². The molecule has 2 atom stereocenters. The Hall–Kier alpha value is -1.05. The number of sulfonamides is 1. The summed E-state index contributed by atoms with van der Waals surface area (Å²) in [5, 5.41) is 9.89. The zero-order chi connectivity index (χ0) is 15.6. The van der Waals surface area contributed by atoms with E-state index in [4.69, 9.17) is 0 Å². The van der Waals surface area contributed by atoms with E-state index in [0.29, 0.717) is 12.8 Å². The largest absolute Gasteiger partial charge is 0.393 e. The van der Waals surface area contributed by atoms with Gasteiger partial charge in [-0.15, -0.1) is 0 Å². The minimum Gasteiger partial charge on any atom is -0.393 e. The first-order valence-electron chi connectivity index (χ1n) is 6.92. The van der Waals surface area contributed by atoms with Crippen LogP contribution in [0.25, 0.3) is 0 Å². The fraction of sp³-hybridized carbons (Fsp3) is 0.571. The molecule has 1 fully saturated rings. The predicted molar refractivity (Wildman–Crippen MR) is 74.1 cm³/mol. The molecule has 2 unspecified atom stereocenters. The van der Waals surface area contributed by atoms with Crippen molar-refractivity contribution in [1.82, 2.24) is 4.31 Å². The van der Waals surface area contributed by atoms with E-state index in [2.05, 4.69) is 0 Å². The fourth-order valence-corrected chi connectivity index (χ4v) is 4.04. The highest BCUT2D eigenvalue weighted by Crippen LogP contribution is 2.28. The minimum absolute atomic E-state index is 0.0529. The molecule has 1 aliphatic rings. The summed E-state index contributed by atoms with van der Waals surface area (Å²) < 4.78 is 52.9. The highest BCUT2D eigenvalue weighted by Gasteiger charge is 2.32. The maximum absolute atomic E-state index is 13.7. The molecule has 0 amide bonds. The first-order chi connectivity index (χ1) is 9.84. The van der Waals surface area contributed by atoms with Gasteiger partial charge in [0, 0.05) is 13.6 Å². The predicted octanol–water partition coefficient (Wildman–Crippen LogP) is 2.14. The molecule has 118 valence electrons. The molecular formula is C14H19F2NO3S. The number of aliphatic hydroxyl groups is 1. The number of hydrogen-bond acceptors (Lipinski definition) is 3. The van der Waals surface area contributed by atoms with Crippen LogP contribution in [0.2, 0.25) is 0 Å². The van der Waals surface area contributed by atoms with Crippen molar-refractivity contribution < 1.29 is 22.3 Å². The highest BCUT2D eigenvalue weighted by atomic mass is 32.2. The van der Waals surface area contributed by atoms with Crippen LogP contribution in [0.1, 0.15) is 25.7 Å². The van der Waals surface area contributed by atoms with Crippen LogP contribution in [0.3, 0.4) is 0 Å². The Labute approximate surface area is 123 Å². The van der Waals surface area contributed by atoms with E-state index >= 15 is 0 Å². The monoisotopic (exact) mass is 319 g/mol. The van der Waals surface area contributed by atoms with Gasteiger partial charge in [0.25, 0.3) is 0 Å². The van der Waals surface area contributed by atoms with Gasteiger partial charge >= 0.3 is 0 Å². The van der Waals surface area contributed by atoms with Crippen molar-refractivity contribution >= 4 is 10.0 Å². The highest BCUT2D eigenvalue weighted by molar-refractivity contribution is 7.89. The van der Waals surface area contributed by atoms with Gasteiger partial charge in [-0.2, -0.15) is 0 Å². The van der Waals surface area contributed by atoms with E-state index in [1.807, 2.05) is 0 Å². The molecule has 0 saturated heterocycles. The van der Waals surface area contributed by atoms with Crippen LogP contribution in [0.5, 0.6) is 0 Å². The van der Waals surface area contributed by atoms with Crippen molar-refractivity contribution in [2.75, 3.05) is 13.6 Å². The van der Waals surface area contributed by atoms with Crippen molar-refractivity contribution in [3.05, 3.63) is 29.8 Å². The lowest BCUT2D eigenvalue weighted by Crippen LogP contribution is -2.38.